The monoisotopic (exact) mass is 336 g/mol. The van der Waals surface area contributed by atoms with E-state index in [1.165, 1.54) is 19.3 Å². The first kappa shape index (κ1) is 17.3. The van der Waals surface area contributed by atoms with Gasteiger partial charge < -0.3 is 15.3 Å². The van der Waals surface area contributed by atoms with Gasteiger partial charge in [-0.3, -0.25) is 0 Å². The quantitative estimate of drug-likeness (QED) is 0.688. The molecule has 138 valence electrons. The van der Waals surface area contributed by atoms with Crippen molar-refractivity contribution in [3.8, 4) is 0 Å². The van der Waals surface area contributed by atoms with Gasteiger partial charge in [0.15, 0.2) is 0 Å². The van der Waals surface area contributed by atoms with Gasteiger partial charge in [-0.15, -0.1) is 0 Å². The van der Waals surface area contributed by atoms with Crippen molar-refractivity contribution >= 4 is 0 Å². The summed E-state index contributed by atoms with van der Waals surface area (Å²) in [7, 11) is 0. The molecule has 0 aromatic carbocycles. The summed E-state index contributed by atoms with van der Waals surface area (Å²) in [6, 6.07) is 0. The Kier molecular flexibility index (Phi) is 4.10. The van der Waals surface area contributed by atoms with Crippen LogP contribution in [0.4, 0.5) is 0 Å². The SMILES string of the molecule is C[C@H](O)[C@H]1CC[C@H]2[C@@H]3CC[C@H]4C[C@H](O)CCC4(C)[C@H]3[C@H](O)C[C@]12C. The summed E-state index contributed by atoms with van der Waals surface area (Å²) in [5.74, 6) is 2.59. The van der Waals surface area contributed by atoms with Gasteiger partial charge in [0.05, 0.1) is 18.3 Å². The van der Waals surface area contributed by atoms with E-state index in [0.29, 0.717) is 29.6 Å². The van der Waals surface area contributed by atoms with E-state index < -0.39 is 0 Å². The molecule has 4 fully saturated rings. The molecule has 0 spiro atoms. The Balaban J connectivity index is 1.66. The van der Waals surface area contributed by atoms with Crippen LogP contribution < -0.4 is 0 Å². The molecule has 0 aromatic rings. The van der Waals surface area contributed by atoms with Crippen molar-refractivity contribution in [2.75, 3.05) is 0 Å². The second-order valence-electron chi connectivity index (χ2n) is 10.2. The Morgan fingerprint density at radius 2 is 1.71 bits per heavy atom. The Morgan fingerprint density at radius 1 is 0.958 bits per heavy atom. The summed E-state index contributed by atoms with van der Waals surface area (Å²) in [5, 5.41) is 31.7. The normalized spacial score (nSPS) is 58.5. The van der Waals surface area contributed by atoms with E-state index in [1.807, 2.05) is 6.92 Å². The van der Waals surface area contributed by atoms with E-state index in [-0.39, 0.29) is 29.1 Å². The van der Waals surface area contributed by atoms with Gasteiger partial charge in [-0.25, -0.2) is 0 Å². The van der Waals surface area contributed by atoms with Crippen molar-refractivity contribution in [1.82, 2.24) is 0 Å². The van der Waals surface area contributed by atoms with Gasteiger partial charge >= 0.3 is 0 Å². The van der Waals surface area contributed by atoms with Crippen LogP contribution in [0.2, 0.25) is 0 Å². The van der Waals surface area contributed by atoms with Crippen LogP contribution in [0.15, 0.2) is 0 Å². The van der Waals surface area contributed by atoms with Crippen LogP contribution in [0, 0.1) is 40.4 Å². The van der Waals surface area contributed by atoms with E-state index in [4.69, 9.17) is 0 Å². The molecule has 0 aromatic heterocycles. The lowest BCUT2D eigenvalue weighted by Gasteiger charge is -2.62. The number of hydrogen-bond donors (Lipinski definition) is 3. The minimum atomic E-state index is -0.263. The van der Waals surface area contributed by atoms with E-state index >= 15 is 0 Å². The average molecular weight is 337 g/mol. The predicted molar refractivity (Wildman–Crippen MR) is 94.3 cm³/mol. The number of aliphatic hydroxyl groups is 3. The standard InChI is InChI=1S/C21H36O3/c1-12(22)16-6-7-17-15-5-4-13-10-14(23)8-9-20(13,2)19(15)18(24)11-21(16,17)3/h12-19,22-24H,4-11H2,1-3H3/t12-,13-,14+,15-,16+,17-,18+,19+,20?,21+/m0/s1. The second kappa shape index (κ2) is 5.69. The third kappa shape index (κ3) is 2.27. The van der Waals surface area contributed by atoms with Gasteiger partial charge in [0.2, 0.25) is 0 Å². The molecule has 3 heteroatoms. The first-order valence-corrected chi connectivity index (χ1v) is 10.3. The molecular formula is C21H36O3. The molecule has 0 saturated heterocycles. The zero-order valence-electron chi connectivity index (χ0n) is 15.6. The van der Waals surface area contributed by atoms with Crippen molar-refractivity contribution in [2.24, 2.45) is 40.4 Å². The summed E-state index contributed by atoms with van der Waals surface area (Å²) < 4.78 is 0. The second-order valence-corrected chi connectivity index (χ2v) is 10.2. The van der Waals surface area contributed by atoms with Crippen molar-refractivity contribution in [3.05, 3.63) is 0 Å². The number of aliphatic hydroxyl groups excluding tert-OH is 3. The van der Waals surface area contributed by atoms with Crippen LogP contribution in [0.3, 0.4) is 0 Å². The number of hydrogen-bond acceptors (Lipinski definition) is 3. The maximum Gasteiger partial charge on any atom is 0.0581 e. The van der Waals surface area contributed by atoms with Gasteiger partial charge in [-0.1, -0.05) is 13.8 Å². The molecule has 0 heterocycles. The zero-order chi connectivity index (χ0) is 17.3. The van der Waals surface area contributed by atoms with E-state index in [2.05, 4.69) is 13.8 Å². The third-order valence-electron chi connectivity index (χ3n) is 9.22. The number of rotatable bonds is 1. The highest BCUT2D eigenvalue weighted by molar-refractivity contribution is 5.12. The van der Waals surface area contributed by atoms with Gasteiger partial charge in [-0.05, 0) is 98.7 Å². The van der Waals surface area contributed by atoms with Crippen LogP contribution in [0.25, 0.3) is 0 Å². The smallest absolute Gasteiger partial charge is 0.0581 e. The lowest BCUT2D eigenvalue weighted by molar-refractivity contribution is -0.181. The Hall–Kier alpha value is -0.120. The Bertz CT molecular complexity index is 491. The molecule has 4 aliphatic carbocycles. The van der Waals surface area contributed by atoms with Crippen LogP contribution in [0.5, 0.6) is 0 Å². The van der Waals surface area contributed by atoms with Gasteiger partial charge in [0.1, 0.15) is 0 Å². The largest absolute Gasteiger partial charge is 0.393 e. The lowest BCUT2D eigenvalue weighted by Crippen LogP contribution is -2.59. The first-order valence-electron chi connectivity index (χ1n) is 10.3. The molecule has 0 aliphatic heterocycles. The lowest BCUT2D eigenvalue weighted by atomic mass is 9.44. The minimum Gasteiger partial charge on any atom is -0.393 e. The Labute approximate surface area is 146 Å². The molecule has 4 saturated carbocycles. The van der Waals surface area contributed by atoms with E-state index in [0.717, 1.165) is 32.1 Å². The summed E-state index contributed by atoms with van der Waals surface area (Å²) in [4.78, 5) is 0. The maximum absolute atomic E-state index is 11.2. The molecule has 4 rings (SSSR count). The minimum absolute atomic E-state index is 0.103. The van der Waals surface area contributed by atoms with Crippen molar-refractivity contribution < 1.29 is 15.3 Å². The summed E-state index contributed by atoms with van der Waals surface area (Å²) in [5.41, 5.74) is 0.304. The molecule has 3 nitrogen and oxygen atoms in total. The van der Waals surface area contributed by atoms with E-state index in [9.17, 15) is 15.3 Å². The third-order valence-corrected chi connectivity index (χ3v) is 9.22. The molecule has 3 N–H and O–H groups in total. The average Bonchev–Trinajstić information content (AvgIpc) is 2.84. The number of fused-ring (bicyclic) bond motifs is 5. The summed E-state index contributed by atoms with van der Waals surface area (Å²) in [6.45, 7) is 6.70. The van der Waals surface area contributed by atoms with Crippen LogP contribution >= 0.6 is 0 Å². The fourth-order valence-corrected chi connectivity index (χ4v) is 8.19. The zero-order valence-corrected chi connectivity index (χ0v) is 15.6. The van der Waals surface area contributed by atoms with Gasteiger partial charge in [0, 0.05) is 0 Å². The molecule has 10 atom stereocenters. The fraction of sp³-hybridized carbons (Fsp3) is 1.00. The molecule has 0 radical (unpaired) electrons. The molecule has 24 heavy (non-hydrogen) atoms. The highest BCUT2D eigenvalue weighted by atomic mass is 16.3. The molecule has 4 aliphatic rings. The summed E-state index contributed by atoms with van der Waals surface area (Å²) >= 11 is 0. The van der Waals surface area contributed by atoms with Crippen molar-refractivity contribution in [3.63, 3.8) is 0 Å². The van der Waals surface area contributed by atoms with Crippen molar-refractivity contribution in [2.45, 2.75) is 90.4 Å². The van der Waals surface area contributed by atoms with Gasteiger partial charge in [-0.2, -0.15) is 0 Å². The van der Waals surface area contributed by atoms with Gasteiger partial charge in [0.25, 0.3) is 0 Å². The van der Waals surface area contributed by atoms with E-state index in [1.54, 1.807) is 0 Å². The topological polar surface area (TPSA) is 60.7 Å². The molecule has 0 bridgehead atoms. The summed E-state index contributed by atoms with van der Waals surface area (Å²) in [6.07, 6.45) is 7.91. The van der Waals surface area contributed by atoms with Crippen molar-refractivity contribution in [1.29, 1.82) is 0 Å². The highest BCUT2D eigenvalue weighted by Gasteiger charge is 2.63. The molecular weight excluding hydrogens is 300 g/mol. The van der Waals surface area contributed by atoms with Crippen LogP contribution in [0.1, 0.15) is 72.1 Å². The highest BCUT2D eigenvalue weighted by Crippen LogP contribution is 2.67. The first-order chi connectivity index (χ1) is 11.3. The van der Waals surface area contributed by atoms with Crippen LogP contribution in [-0.4, -0.2) is 33.6 Å². The fourth-order valence-electron chi connectivity index (χ4n) is 8.19. The Morgan fingerprint density at radius 3 is 2.42 bits per heavy atom. The molecule has 0 amide bonds. The molecule has 1 unspecified atom stereocenters. The maximum atomic E-state index is 11.2. The predicted octanol–water partition coefficient (Wildman–Crippen LogP) is 3.36. The van der Waals surface area contributed by atoms with Crippen LogP contribution in [-0.2, 0) is 0 Å².